The molecule has 0 spiro atoms. The normalized spacial score (nSPS) is 15.0. The molecule has 29 heavy (non-hydrogen) atoms. The van der Waals surface area contributed by atoms with Gasteiger partial charge in [-0.05, 0) is 42.3 Å². The molecule has 0 unspecified atom stereocenters. The monoisotopic (exact) mass is 428 g/mol. The zero-order chi connectivity index (χ0) is 21.0. The van der Waals surface area contributed by atoms with Gasteiger partial charge < -0.3 is 14.8 Å². The molecular weight excluding hydrogens is 408 g/mol. The van der Waals surface area contributed by atoms with E-state index in [0.29, 0.717) is 26.4 Å². The molecule has 1 N–H and O–H groups in total. The van der Waals surface area contributed by atoms with Crippen molar-refractivity contribution >= 4 is 51.9 Å². The van der Waals surface area contributed by atoms with Crippen LogP contribution in [0.1, 0.15) is 11.1 Å². The highest BCUT2D eigenvalue weighted by atomic mass is 32.2. The first kappa shape index (κ1) is 20.9. The molecule has 1 saturated heterocycles. The molecule has 0 aromatic heterocycles. The molecule has 2 amide bonds. The van der Waals surface area contributed by atoms with Crippen molar-refractivity contribution in [3.05, 3.63) is 58.5 Å². The molecule has 150 valence electrons. The summed E-state index contributed by atoms with van der Waals surface area (Å²) in [6.45, 7) is 1.77. The largest absolute Gasteiger partial charge is 0.493 e. The first-order chi connectivity index (χ1) is 13.9. The van der Waals surface area contributed by atoms with E-state index in [2.05, 4.69) is 5.32 Å². The van der Waals surface area contributed by atoms with Gasteiger partial charge in [-0.25, -0.2) is 0 Å². The number of thiocarbonyl (C=S) groups is 1. The number of hydrogen-bond acceptors (Lipinski definition) is 6. The van der Waals surface area contributed by atoms with Crippen LogP contribution in [0.25, 0.3) is 6.08 Å². The fourth-order valence-corrected chi connectivity index (χ4v) is 4.03. The Kier molecular flexibility index (Phi) is 6.56. The number of hydrogen-bond donors (Lipinski definition) is 1. The summed E-state index contributed by atoms with van der Waals surface area (Å²) < 4.78 is 10.9. The Morgan fingerprint density at radius 3 is 2.59 bits per heavy atom. The summed E-state index contributed by atoms with van der Waals surface area (Å²) in [5.74, 6) is 0.567. The molecule has 0 aliphatic carbocycles. The SMILES string of the molecule is COc1ccc(/C=C2/SC(=S)N(CC(=O)Nc3ccccc3C)C2=O)cc1OC. The van der Waals surface area contributed by atoms with Gasteiger partial charge in [0.25, 0.3) is 5.91 Å². The Labute approximate surface area is 178 Å². The van der Waals surface area contributed by atoms with Crippen LogP contribution in [0.15, 0.2) is 47.4 Å². The van der Waals surface area contributed by atoms with E-state index in [0.717, 1.165) is 11.1 Å². The number of carbonyl (C=O) groups is 2. The molecule has 0 saturated carbocycles. The molecular formula is C21H20N2O4S2. The van der Waals surface area contributed by atoms with E-state index in [4.69, 9.17) is 21.7 Å². The van der Waals surface area contributed by atoms with Crippen LogP contribution in [0.4, 0.5) is 5.69 Å². The van der Waals surface area contributed by atoms with Gasteiger partial charge in [0.15, 0.2) is 11.5 Å². The van der Waals surface area contributed by atoms with E-state index in [1.54, 1.807) is 32.4 Å². The third-order valence-electron chi connectivity index (χ3n) is 4.30. The van der Waals surface area contributed by atoms with Gasteiger partial charge in [0.1, 0.15) is 10.9 Å². The summed E-state index contributed by atoms with van der Waals surface area (Å²) in [6.07, 6.45) is 1.72. The maximum absolute atomic E-state index is 12.8. The second-order valence-electron chi connectivity index (χ2n) is 6.25. The molecule has 1 fully saturated rings. The van der Waals surface area contributed by atoms with Gasteiger partial charge in [-0.15, -0.1) is 0 Å². The summed E-state index contributed by atoms with van der Waals surface area (Å²) in [7, 11) is 3.11. The zero-order valence-electron chi connectivity index (χ0n) is 16.2. The number of benzene rings is 2. The average Bonchev–Trinajstić information content (AvgIpc) is 2.97. The first-order valence-corrected chi connectivity index (χ1v) is 9.98. The van der Waals surface area contributed by atoms with Crippen molar-refractivity contribution in [2.75, 3.05) is 26.1 Å². The van der Waals surface area contributed by atoms with Crippen LogP contribution in [0, 0.1) is 6.92 Å². The van der Waals surface area contributed by atoms with Crippen molar-refractivity contribution in [2.24, 2.45) is 0 Å². The highest BCUT2D eigenvalue weighted by Crippen LogP contribution is 2.34. The number of nitrogens with one attached hydrogen (secondary N) is 1. The predicted octanol–water partition coefficient (Wildman–Crippen LogP) is 3.85. The Morgan fingerprint density at radius 2 is 1.90 bits per heavy atom. The third-order valence-corrected chi connectivity index (χ3v) is 5.68. The van der Waals surface area contributed by atoms with Crippen molar-refractivity contribution < 1.29 is 19.1 Å². The maximum atomic E-state index is 12.8. The topological polar surface area (TPSA) is 67.9 Å². The molecule has 0 atom stereocenters. The number of nitrogens with zero attached hydrogens (tertiary/aromatic N) is 1. The van der Waals surface area contributed by atoms with Gasteiger partial charge >= 0.3 is 0 Å². The van der Waals surface area contributed by atoms with Crippen LogP contribution in [0.5, 0.6) is 11.5 Å². The number of methoxy groups -OCH3 is 2. The molecule has 0 bridgehead atoms. The highest BCUT2D eigenvalue weighted by molar-refractivity contribution is 8.26. The van der Waals surface area contributed by atoms with Crippen LogP contribution >= 0.6 is 24.0 Å². The minimum absolute atomic E-state index is 0.137. The van der Waals surface area contributed by atoms with Crippen molar-refractivity contribution in [3.8, 4) is 11.5 Å². The second-order valence-corrected chi connectivity index (χ2v) is 7.92. The van der Waals surface area contributed by atoms with Crippen molar-refractivity contribution in [1.82, 2.24) is 4.90 Å². The Hall–Kier alpha value is -2.84. The van der Waals surface area contributed by atoms with Crippen LogP contribution in [-0.2, 0) is 9.59 Å². The number of carbonyl (C=O) groups excluding carboxylic acids is 2. The van der Waals surface area contributed by atoms with Crippen LogP contribution < -0.4 is 14.8 Å². The molecule has 1 aliphatic heterocycles. The summed E-state index contributed by atoms with van der Waals surface area (Å²) in [6, 6.07) is 12.8. The fraction of sp³-hybridized carbons (Fsp3) is 0.190. The third kappa shape index (κ3) is 4.78. The van der Waals surface area contributed by atoms with Gasteiger partial charge in [0.05, 0.1) is 19.1 Å². The van der Waals surface area contributed by atoms with Crippen molar-refractivity contribution in [2.45, 2.75) is 6.92 Å². The minimum atomic E-state index is -0.303. The van der Waals surface area contributed by atoms with Gasteiger partial charge in [0, 0.05) is 5.69 Å². The molecule has 2 aromatic rings. The van der Waals surface area contributed by atoms with Gasteiger partial charge in [-0.2, -0.15) is 0 Å². The van der Waals surface area contributed by atoms with E-state index >= 15 is 0 Å². The van der Waals surface area contributed by atoms with Crippen molar-refractivity contribution in [1.29, 1.82) is 0 Å². The summed E-state index contributed by atoms with van der Waals surface area (Å²) in [5.41, 5.74) is 2.43. The quantitative estimate of drug-likeness (QED) is 0.557. The second kappa shape index (κ2) is 9.11. The number of amides is 2. The number of ether oxygens (including phenoxy) is 2. The van der Waals surface area contributed by atoms with Gasteiger partial charge in [-0.1, -0.05) is 48.2 Å². The van der Waals surface area contributed by atoms with E-state index in [1.807, 2.05) is 37.3 Å². The highest BCUT2D eigenvalue weighted by Gasteiger charge is 2.33. The first-order valence-electron chi connectivity index (χ1n) is 8.76. The fourth-order valence-electron chi connectivity index (χ4n) is 2.78. The number of anilines is 1. The molecule has 2 aromatic carbocycles. The lowest BCUT2D eigenvalue weighted by Gasteiger charge is -2.15. The van der Waals surface area contributed by atoms with Crippen LogP contribution in [0.2, 0.25) is 0 Å². The standard InChI is InChI=1S/C21H20N2O4S2/c1-13-6-4-5-7-15(13)22-19(24)12-23-20(25)18(29-21(23)28)11-14-8-9-16(26-2)17(10-14)27-3/h4-11H,12H2,1-3H3,(H,22,24)/b18-11+. The number of para-hydroxylation sites is 1. The molecule has 0 radical (unpaired) electrons. The predicted molar refractivity (Wildman–Crippen MR) is 119 cm³/mol. The molecule has 3 rings (SSSR count). The lowest BCUT2D eigenvalue weighted by Crippen LogP contribution is -2.36. The van der Waals surface area contributed by atoms with Crippen LogP contribution in [-0.4, -0.2) is 41.8 Å². The number of rotatable bonds is 6. The Morgan fingerprint density at radius 1 is 1.17 bits per heavy atom. The van der Waals surface area contributed by atoms with Gasteiger partial charge in [-0.3, -0.25) is 14.5 Å². The average molecular weight is 429 g/mol. The molecule has 8 heteroatoms. The van der Waals surface area contributed by atoms with Gasteiger partial charge in [0.2, 0.25) is 5.91 Å². The molecule has 6 nitrogen and oxygen atoms in total. The summed E-state index contributed by atoms with van der Waals surface area (Å²) in [5, 5.41) is 2.82. The minimum Gasteiger partial charge on any atom is -0.493 e. The van der Waals surface area contributed by atoms with E-state index in [9.17, 15) is 9.59 Å². The number of aryl methyl sites for hydroxylation is 1. The van der Waals surface area contributed by atoms with Crippen LogP contribution in [0.3, 0.4) is 0 Å². The van der Waals surface area contributed by atoms with E-state index in [1.165, 1.54) is 16.7 Å². The lowest BCUT2D eigenvalue weighted by molar-refractivity contribution is -0.126. The molecule has 1 aliphatic rings. The van der Waals surface area contributed by atoms with E-state index < -0.39 is 0 Å². The van der Waals surface area contributed by atoms with E-state index in [-0.39, 0.29) is 18.4 Å². The lowest BCUT2D eigenvalue weighted by atomic mass is 10.2. The molecule has 1 heterocycles. The summed E-state index contributed by atoms with van der Waals surface area (Å²) in [4.78, 5) is 26.9. The zero-order valence-corrected chi connectivity index (χ0v) is 17.9. The van der Waals surface area contributed by atoms with Crippen molar-refractivity contribution in [3.63, 3.8) is 0 Å². The number of thioether (sulfide) groups is 1. The Balaban J connectivity index is 1.73. The Bertz CT molecular complexity index is 1000. The smallest absolute Gasteiger partial charge is 0.266 e. The summed E-state index contributed by atoms with van der Waals surface area (Å²) >= 11 is 6.48. The maximum Gasteiger partial charge on any atom is 0.266 e.